The van der Waals surface area contributed by atoms with E-state index in [1.54, 1.807) is 12.3 Å². The highest BCUT2D eigenvalue weighted by Gasteiger charge is 2.43. The largest absolute Gasteiger partial charge is 0.477 e. The van der Waals surface area contributed by atoms with E-state index in [1.165, 1.54) is 26.0 Å². The van der Waals surface area contributed by atoms with Crippen LogP contribution < -0.4 is 15.0 Å². The van der Waals surface area contributed by atoms with E-state index in [0.29, 0.717) is 12.8 Å². The molecule has 2 fully saturated rings. The second kappa shape index (κ2) is 9.41. The molecule has 12 heteroatoms. The van der Waals surface area contributed by atoms with Crippen LogP contribution in [0.5, 0.6) is 5.75 Å². The molecule has 2 aliphatic heterocycles. The summed E-state index contributed by atoms with van der Waals surface area (Å²) in [5.74, 6) is -0.977. The van der Waals surface area contributed by atoms with Gasteiger partial charge < -0.3 is 15.0 Å². The molecule has 0 unspecified atom stereocenters. The maximum Gasteiger partial charge on any atom is 0.420 e. The van der Waals surface area contributed by atoms with Crippen LogP contribution in [-0.2, 0) is 20.8 Å². The van der Waals surface area contributed by atoms with Gasteiger partial charge in [0.05, 0.1) is 17.4 Å². The van der Waals surface area contributed by atoms with Gasteiger partial charge in [0.25, 0.3) is 5.91 Å². The highest BCUT2D eigenvalue weighted by molar-refractivity contribution is 7.90. The van der Waals surface area contributed by atoms with Crippen molar-refractivity contribution in [3.63, 3.8) is 0 Å². The number of hydrogen-bond donors (Lipinski definition) is 1. The van der Waals surface area contributed by atoms with Gasteiger partial charge in [-0.15, -0.1) is 0 Å². The molecule has 0 aliphatic carbocycles. The van der Waals surface area contributed by atoms with Crippen molar-refractivity contribution in [1.82, 2.24) is 10.3 Å². The van der Waals surface area contributed by atoms with Gasteiger partial charge in [0.1, 0.15) is 5.75 Å². The number of benzene rings is 1. The molecule has 2 saturated heterocycles. The zero-order valence-corrected chi connectivity index (χ0v) is 21.5. The Morgan fingerprint density at radius 3 is 2.31 bits per heavy atom. The molecule has 196 valence electrons. The number of hydrogen-bond acceptors (Lipinski definition) is 6. The number of nitrogens with one attached hydrogen (secondary N) is 1. The van der Waals surface area contributed by atoms with Crippen LogP contribution in [-0.4, -0.2) is 49.3 Å². The average molecular weight is 546 g/mol. The second-order valence-corrected chi connectivity index (χ2v) is 12.2. The summed E-state index contributed by atoms with van der Waals surface area (Å²) in [5, 5.41) is 2.89. The minimum absolute atomic E-state index is 0.0114. The first-order chi connectivity index (χ1) is 16.6. The van der Waals surface area contributed by atoms with E-state index in [1.807, 2.05) is 0 Å². The zero-order chi connectivity index (χ0) is 26.5. The van der Waals surface area contributed by atoms with Crippen molar-refractivity contribution in [2.24, 2.45) is 0 Å². The lowest BCUT2D eigenvalue weighted by molar-refractivity contribution is -0.143. The Morgan fingerprint density at radius 1 is 1.14 bits per heavy atom. The summed E-state index contributed by atoms with van der Waals surface area (Å²) >= 11 is 5.73. The Kier molecular flexibility index (Phi) is 6.93. The number of alkyl halides is 3. The number of fused-ring (bicyclic) bond motifs is 2. The summed E-state index contributed by atoms with van der Waals surface area (Å²) < 4.78 is 69.3. The number of pyridine rings is 1. The number of aromatic nitrogens is 1. The zero-order valence-electron chi connectivity index (χ0n) is 20.0. The van der Waals surface area contributed by atoms with Gasteiger partial charge in [0.15, 0.2) is 20.5 Å². The van der Waals surface area contributed by atoms with Crippen LogP contribution in [0.2, 0.25) is 5.02 Å². The van der Waals surface area contributed by atoms with Gasteiger partial charge in [-0.05, 0) is 69.9 Å². The molecule has 2 bridgehead atoms. The number of anilines is 1. The molecule has 1 N–H and O–H groups in total. The number of nitrogens with zero attached hydrogens (tertiary/aromatic N) is 2. The van der Waals surface area contributed by atoms with Crippen LogP contribution in [0.25, 0.3) is 0 Å². The summed E-state index contributed by atoms with van der Waals surface area (Å²) in [6.07, 6.45) is 1.07. The molecular formula is C24H27ClF3N3O4S. The molecule has 3 atom stereocenters. The second-order valence-electron chi connectivity index (χ2n) is 9.81. The Hall–Kier alpha value is -2.53. The number of carbonyl (C=O) groups excluding carboxylic acids is 1. The normalized spacial score (nSPS) is 22.4. The molecule has 36 heavy (non-hydrogen) atoms. The number of sulfone groups is 1. The van der Waals surface area contributed by atoms with E-state index in [0.717, 1.165) is 36.9 Å². The van der Waals surface area contributed by atoms with Crippen molar-refractivity contribution in [2.75, 3.05) is 11.2 Å². The standard InChI is InChI=1S/C24H27ClF3N3O4S/c1-23(2,35-20-8-4-14(25)10-19(20)24(26,27)28)22(32)30-15-11-16-5-6-17(12-15)31(16)18-7-9-21(29-13-18)36(3,33)34/h4,7-10,13,15-17H,5-6,11-12H2,1-3H3,(H,30,32)/t15-,16+,17-. The van der Waals surface area contributed by atoms with E-state index < -0.39 is 38.8 Å². The molecular weight excluding hydrogens is 519 g/mol. The number of rotatable bonds is 6. The molecule has 1 aromatic heterocycles. The first-order valence-corrected chi connectivity index (χ1v) is 13.7. The monoisotopic (exact) mass is 545 g/mol. The van der Waals surface area contributed by atoms with Gasteiger partial charge in [-0.3, -0.25) is 4.79 Å². The number of ether oxygens (including phenoxy) is 1. The molecule has 2 aromatic rings. The van der Waals surface area contributed by atoms with Gasteiger partial charge in [0.2, 0.25) is 0 Å². The summed E-state index contributed by atoms with van der Waals surface area (Å²) in [5.41, 5.74) is -1.78. The maximum absolute atomic E-state index is 13.4. The van der Waals surface area contributed by atoms with Crippen molar-refractivity contribution < 1.29 is 31.1 Å². The molecule has 4 rings (SSSR count). The smallest absolute Gasteiger partial charge is 0.420 e. The SMILES string of the molecule is CC(C)(Oc1ccc(Cl)cc1C(F)(F)F)C(=O)N[C@H]1C[C@H]2CC[C@@H](C1)N2c1ccc(S(C)(=O)=O)nc1. The van der Waals surface area contributed by atoms with E-state index in [9.17, 15) is 26.4 Å². The van der Waals surface area contributed by atoms with Gasteiger partial charge in [-0.25, -0.2) is 13.4 Å². The minimum Gasteiger partial charge on any atom is -0.477 e. The van der Waals surface area contributed by atoms with Crippen LogP contribution in [0.4, 0.5) is 18.9 Å². The minimum atomic E-state index is -4.69. The van der Waals surface area contributed by atoms with Crippen LogP contribution in [0.15, 0.2) is 41.6 Å². The fourth-order valence-corrected chi connectivity index (χ4v) is 5.69. The lowest BCUT2D eigenvalue weighted by Gasteiger charge is -2.41. The van der Waals surface area contributed by atoms with Gasteiger partial charge in [-0.2, -0.15) is 13.2 Å². The first kappa shape index (κ1) is 26.5. The quantitative estimate of drug-likeness (QED) is 0.569. The van der Waals surface area contributed by atoms with Gasteiger partial charge in [-0.1, -0.05) is 11.6 Å². The number of halogens is 4. The van der Waals surface area contributed by atoms with Crippen molar-refractivity contribution in [2.45, 2.75) is 74.5 Å². The molecule has 0 spiro atoms. The average Bonchev–Trinajstić information content (AvgIpc) is 3.04. The molecule has 7 nitrogen and oxygen atoms in total. The first-order valence-electron chi connectivity index (χ1n) is 11.5. The van der Waals surface area contributed by atoms with Crippen molar-refractivity contribution in [3.8, 4) is 5.75 Å². The third kappa shape index (κ3) is 5.56. The third-order valence-electron chi connectivity index (χ3n) is 6.63. The summed E-state index contributed by atoms with van der Waals surface area (Å²) in [6, 6.07) is 6.47. The van der Waals surface area contributed by atoms with E-state index in [-0.39, 0.29) is 28.2 Å². The van der Waals surface area contributed by atoms with Crippen molar-refractivity contribution in [1.29, 1.82) is 0 Å². The fraction of sp³-hybridized carbons (Fsp3) is 0.500. The Morgan fingerprint density at radius 2 is 1.78 bits per heavy atom. The molecule has 2 aliphatic rings. The van der Waals surface area contributed by atoms with Gasteiger partial charge in [0, 0.05) is 29.4 Å². The van der Waals surface area contributed by atoms with Crippen molar-refractivity contribution >= 4 is 33.0 Å². The predicted octanol–water partition coefficient (Wildman–Crippen LogP) is 4.63. The third-order valence-corrected chi connectivity index (χ3v) is 7.86. The van der Waals surface area contributed by atoms with E-state index >= 15 is 0 Å². The van der Waals surface area contributed by atoms with Crippen LogP contribution in [0.3, 0.4) is 0 Å². The van der Waals surface area contributed by atoms with Crippen molar-refractivity contribution in [3.05, 3.63) is 47.1 Å². The highest BCUT2D eigenvalue weighted by atomic mass is 35.5. The lowest BCUT2D eigenvalue weighted by Crippen LogP contribution is -2.55. The molecule has 0 radical (unpaired) electrons. The number of amides is 1. The Bertz CT molecular complexity index is 1240. The lowest BCUT2D eigenvalue weighted by atomic mass is 9.95. The summed E-state index contributed by atoms with van der Waals surface area (Å²) in [6.45, 7) is 2.85. The van der Waals surface area contributed by atoms with Crippen LogP contribution in [0.1, 0.15) is 45.1 Å². The predicted molar refractivity (Wildman–Crippen MR) is 129 cm³/mol. The molecule has 1 aromatic carbocycles. The van der Waals surface area contributed by atoms with E-state index in [2.05, 4.69) is 15.2 Å². The Labute approximate surface area is 212 Å². The molecule has 0 saturated carbocycles. The Balaban J connectivity index is 1.43. The van der Waals surface area contributed by atoms with E-state index in [4.69, 9.17) is 16.3 Å². The van der Waals surface area contributed by atoms with Crippen LogP contribution in [0, 0.1) is 0 Å². The number of piperidine rings is 1. The number of carbonyl (C=O) groups is 1. The highest BCUT2D eigenvalue weighted by Crippen LogP contribution is 2.41. The fourth-order valence-electron chi connectivity index (χ4n) is 4.95. The molecule has 1 amide bonds. The summed E-state index contributed by atoms with van der Waals surface area (Å²) in [4.78, 5) is 19.4. The maximum atomic E-state index is 13.4. The van der Waals surface area contributed by atoms with Crippen LogP contribution >= 0.6 is 11.6 Å². The topological polar surface area (TPSA) is 88.6 Å². The summed E-state index contributed by atoms with van der Waals surface area (Å²) in [7, 11) is -3.39. The van der Waals surface area contributed by atoms with Gasteiger partial charge >= 0.3 is 6.18 Å². The molecule has 3 heterocycles.